The summed E-state index contributed by atoms with van der Waals surface area (Å²) in [5, 5.41) is 6.72. The van der Waals surface area contributed by atoms with E-state index in [1.54, 1.807) is 6.07 Å². The molecule has 2 N–H and O–H groups in total. The van der Waals surface area contributed by atoms with Crippen LogP contribution in [0.5, 0.6) is 0 Å². The number of hydrogen-bond donors (Lipinski definition) is 1. The number of hydrogen-bond acceptors (Lipinski definition) is 1. The lowest BCUT2D eigenvalue weighted by molar-refractivity contribution is 1.06. The zero-order valence-electron chi connectivity index (χ0n) is 23.8. The van der Waals surface area contributed by atoms with E-state index < -0.39 is 0 Å². The molecule has 7 rings (SSSR count). The maximum atomic E-state index is 7.59. The molecule has 0 saturated heterocycles. The Labute approximate surface area is 256 Å². The number of benzene rings is 7. The molecule has 0 aliphatic heterocycles. The fourth-order valence-electron chi connectivity index (χ4n) is 6.01. The topological polar surface area (TPSA) is 47.1 Å². The molecule has 4 nitrogen and oxygen atoms in total. The smallest absolute Gasteiger partial charge is 0.177 e. The van der Waals surface area contributed by atoms with Crippen LogP contribution in [0, 0.1) is 13.1 Å². The van der Waals surface area contributed by atoms with Crippen molar-refractivity contribution in [2.75, 3.05) is 0 Å². The molecular weight excluding hydrogens is 536 g/mol. The Balaban J connectivity index is 1.44. The third-order valence-corrected chi connectivity index (χ3v) is 8.10. The van der Waals surface area contributed by atoms with Crippen molar-refractivity contribution in [3.05, 3.63) is 167 Å². The van der Waals surface area contributed by atoms with Gasteiger partial charge in [0.25, 0.3) is 0 Å². The van der Waals surface area contributed by atoms with Crippen LogP contribution in [0.1, 0.15) is 11.1 Å². The minimum atomic E-state index is 0.462. The quantitative estimate of drug-likeness (QED) is 0.0964. The van der Waals surface area contributed by atoms with E-state index in [-0.39, 0.29) is 0 Å². The second-order valence-corrected chi connectivity index (χ2v) is 10.8. The first-order valence-electron chi connectivity index (χ1n) is 14.3. The first-order valence-corrected chi connectivity index (χ1v) is 14.3. The zero-order valence-corrected chi connectivity index (χ0v) is 23.8. The van der Waals surface area contributed by atoms with E-state index in [1.807, 2.05) is 48.5 Å². The third-order valence-electron chi connectivity index (χ3n) is 8.10. The molecule has 0 bridgehead atoms. The number of fused-ring (bicyclic) bond motifs is 5. The highest BCUT2D eigenvalue weighted by molar-refractivity contribution is 6.24. The van der Waals surface area contributed by atoms with Gasteiger partial charge >= 0.3 is 0 Å². The summed E-state index contributed by atoms with van der Waals surface area (Å²) < 4.78 is 0. The second-order valence-electron chi connectivity index (χ2n) is 10.8. The van der Waals surface area contributed by atoms with Gasteiger partial charge in [-0.1, -0.05) is 115 Å². The maximum absolute atomic E-state index is 7.59. The molecule has 44 heavy (non-hydrogen) atoms. The molecule has 0 fully saturated rings. The largest absolute Gasteiger partial charge is 0.383 e. The summed E-state index contributed by atoms with van der Waals surface area (Å²) in [5.74, 6) is 0.510. The molecule has 0 unspecified atom stereocenters. The summed E-state index contributed by atoms with van der Waals surface area (Å²) in [6.45, 7) is 15.7. The van der Waals surface area contributed by atoms with Gasteiger partial charge in [-0.15, -0.1) is 0 Å². The predicted octanol–water partition coefficient (Wildman–Crippen LogP) is 10.5. The van der Waals surface area contributed by atoms with E-state index in [0.717, 1.165) is 65.7 Å². The molecule has 7 aromatic carbocycles. The molecular formula is C40H26N4. The van der Waals surface area contributed by atoms with Gasteiger partial charge in [0.05, 0.1) is 19.7 Å². The first-order chi connectivity index (χ1) is 21.6. The Morgan fingerprint density at radius 3 is 1.66 bits per heavy atom. The molecule has 0 aromatic heterocycles. The maximum Gasteiger partial charge on any atom is 0.177 e. The summed E-state index contributed by atoms with van der Waals surface area (Å²) in [5.41, 5.74) is 13.5. The molecule has 0 saturated carbocycles. The summed E-state index contributed by atoms with van der Waals surface area (Å²) in [4.78, 5) is 12.0. The Kier molecular flexibility index (Phi) is 6.79. The van der Waals surface area contributed by atoms with E-state index in [1.165, 1.54) is 0 Å². The Morgan fingerprint density at radius 2 is 1.07 bits per heavy atom. The highest BCUT2D eigenvalue weighted by Crippen LogP contribution is 2.43. The highest BCUT2D eigenvalue weighted by Gasteiger charge is 2.15. The summed E-state index contributed by atoms with van der Waals surface area (Å²) in [6, 6.07) is 45.1. The van der Waals surface area contributed by atoms with Gasteiger partial charge in [0.15, 0.2) is 11.4 Å². The van der Waals surface area contributed by atoms with Crippen molar-refractivity contribution >= 4 is 49.5 Å². The third kappa shape index (κ3) is 4.81. The van der Waals surface area contributed by atoms with E-state index in [0.29, 0.717) is 23.8 Å². The number of nitrogens with zero attached hydrogens (tertiary/aromatic N) is 3. The van der Waals surface area contributed by atoms with Crippen molar-refractivity contribution in [1.82, 2.24) is 0 Å². The molecule has 0 amide bonds. The van der Waals surface area contributed by atoms with Gasteiger partial charge in [-0.2, -0.15) is 0 Å². The summed E-state index contributed by atoms with van der Waals surface area (Å²) in [6.07, 6.45) is 0. The van der Waals surface area contributed by atoms with Crippen LogP contribution in [0.3, 0.4) is 0 Å². The predicted molar refractivity (Wildman–Crippen MR) is 183 cm³/mol. The van der Waals surface area contributed by atoms with Crippen LogP contribution in [0.25, 0.3) is 64.3 Å². The lowest BCUT2D eigenvalue weighted by atomic mass is 9.87. The van der Waals surface area contributed by atoms with Crippen LogP contribution in [-0.2, 0) is 6.54 Å². The van der Waals surface area contributed by atoms with Crippen molar-refractivity contribution < 1.29 is 0 Å². The Morgan fingerprint density at radius 1 is 0.523 bits per heavy atom. The van der Waals surface area contributed by atoms with E-state index in [4.69, 9.17) is 18.9 Å². The Hall–Kier alpha value is -6.23. The van der Waals surface area contributed by atoms with Crippen molar-refractivity contribution in [2.45, 2.75) is 6.54 Å². The molecule has 0 heterocycles. The van der Waals surface area contributed by atoms with Gasteiger partial charge in [-0.25, -0.2) is 9.69 Å². The number of rotatable bonds is 5. The van der Waals surface area contributed by atoms with Crippen LogP contribution in [0.4, 0.5) is 11.4 Å². The van der Waals surface area contributed by atoms with Crippen LogP contribution in [-0.4, -0.2) is 5.84 Å². The molecule has 0 aliphatic carbocycles. The van der Waals surface area contributed by atoms with E-state index >= 15 is 0 Å². The lowest BCUT2D eigenvalue weighted by Gasteiger charge is -2.17. The fraction of sp³-hybridized carbons (Fsp3) is 0.0250. The number of nitrogens with two attached hydrogens (primary N) is 1. The van der Waals surface area contributed by atoms with Gasteiger partial charge in [-0.05, 0) is 78.3 Å². The monoisotopic (exact) mass is 562 g/mol. The minimum Gasteiger partial charge on any atom is -0.383 e. The highest BCUT2D eigenvalue weighted by atomic mass is 14.8. The standard InChI is InChI=1S/C40H26N4/c1-42-30-20-29(21-31(22-30)43-2)37-24-39-34-17-8-6-15-32(34)36(23-38(39)35-18-9-7-16-33(35)37)27-13-10-14-28(19-27)40(41)44-25-26-11-4-3-5-12-26/h3-24H,25H2,(H2,41,44). The van der Waals surface area contributed by atoms with Gasteiger partial charge in [-0.3, -0.25) is 4.99 Å². The van der Waals surface area contributed by atoms with Crippen molar-refractivity contribution in [3.8, 4) is 22.3 Å². The summed E-state index contributed by atoms with van der Waals surface area (Å²) in [7, 11) is 0. The van der Waals surface area contributed by atoms with E-state index in [9.17, 15) is 0 Å². The number of aliphatic imine (C=N–C) groups is 1. The summed E-state index contributed by atoms with van der Waals surface area (Å²) >= 11 is 0. The van der Waals surface area contributed by atoms with Crippen LogP contribution in [0.2, 0.25) is 0 Å². The van der Waals surface area contributed by atoms with Crippen LogP contribution in [0.15, 0.2) is 138 Å². The molecule has 7 aromatic rings. The lowest BCUT2D eigenvalue weighted by Crippen LogP contribution is -2.13. The number of amidine groups is 1. The molecule has 206 valence electrons. The van der Waals surface area contributed by atoms with Gasteiger partial charge in [0.2, 0.25) is 0 Å². The van der Waals surface area contributed by atoms with Crippen LogP contribution >= 0.6 is 0 Å². The van der Waals surface area contributed by atoms with Gasteiger partial charge in [0, 0.05) is 5.56 Å². The molecule has 0 aliphatic rings. The molecule has 4 heteroatoms. The van der Waals surface area contributed by atoms with Gasteiger partial charge < -0.3 is 5.73 Å². The second kappa shape index (κ2) is 11.2. The SMILES string of the molecule is [C-]#[N+]c1cc([N+]#[C-])cc(-c2cc3c4ccccc4c(-c4cccc(C(N)=NCc5ccccc5)c4)cc3c3ccccc23)c1. The van der Waals surface area contributed by atoms with Crippen molar-refractivity contribution in [3.63, 3.8) is 0 Å². The van der Waals surface area contributed by atoms with E-state index in [2.05, 4.69) is 93.5 Å². The zero-order chi connectivity index (χ0) is 30.0. The Bertz CT molecular complexity index is 2310. The minimum absolute atomic E-state index is 0.462. The van der Waals surface area contributed by atoms with Crippen molar-refractivity contribution in [1.29, 1.82) is 0 Å². The molecule has 0 radical (unpaired) electrons. The van der Waals surface area contributed by atoms with Crippen LogP contribution < -0.4 is 5.73 Å². The molecule has 0 spiro atoms. The average molecular weight is 563 g/mol. The fourth-order valence-corrected chi connectivity index (χ4v) is 6.01. The first kappa shape index (κ1) is 26.7. The normalized spacial score (nSPS) is 11.5. The average Bonchev–Trinajstić information content (AvgIpc) is 3.10. The van der Waals surface area contributed by atoms with Crippen molar-refractivity contribution in [2.24, 2.45) is 10.7 Å². The molecule has 0 atom stereocenters. The van der Waals surface area contributed by atoms with Gasteiger partial charge in [0.1, 0.15) is 5.84 Å².